The van der Waals surface area contributed by atoms with E-state index >= 15 is 0 Å². The monoisotopic (exact) mass is 546 g/mol. The molecule has 5 rings (SSSR count). The molecule has 11 heteroatoms. The third kappa shape index (κ3) is 5.83. The fourth-order valence-electron chi connectivity index (χ4n) is 5.82. The first-order valence-corrected chi connectivity index (χ1v) is 14.0. The average Bonchev–Trinajstić information content (AvgIpc) is 3.41. The summed E-state index contributed by atoms with van der Waals surface area (Å²) in [7, 11) is 1.42. The van der Waals surface area contributed by atoms with E-state index in [4.69, 9.17) is 14.5 Å². The first-order valence-electron chi connectivity index (χ1n) is 14.0. The molecule has 0 spiro atoms. The topological polar surface area (TPSA) is 111 Å². The summed E-state index contributed by atoms with van der Waals surface area (Å²) in [4.78, 5) is 24.3. The van der Waals surface area contributed by atoms with Crippen LogP contribution in [0.5, 0.6) is 5.75 Å². The zero-order valence-corrected chi connectivity index (χ0v) is 23.6. The van der Waals surface area contributed by atoms with Crippen LogP contribution in [-0.4, -0.2) is 102 Å². The lowest BCUT2D eigenvalue weighted by Gasteiger charge is -2.46. The summed E-state index contributed by atoms with van der Waals surface area (Å²) < 4.78 is 12.4. The average molecular weight is 547 g/mol. The van der Waals surface area contributed by atoms with Crippen molar-refractivity contribution in [3.05, 3.63) is 42.4 Å². The van der Waals surface area contributed by atoms with E-state index in [1.165, 1.54) is 7.11 Å². The highest BCUT2D eigenvalue weighted by Gasteiger charge is 2.39. The molecule has 2 fully saturated rings. The molecule has 0 unspecified atom stereocenters. The Balaban J connectivity index is 1.32. The standard InChI is InChI=1S/C29H38N8O3/c1-4-34-12-14-35(15-13-34)21-29(33-28(38)39-3)8-10-36(11-9-29)26-7-6-22(18-31-26)25-16-24(40-5-2)20-37-27(25)23(17-30)19-32-37/h6-7,16,18-20H,4-5,8-15,21H2,1-3H3,(H,33,38). The van der Waals surface area contributed by atoms with Crippen LogP contribution in [0.15, 0.2) is 36.8 Å². The molecule has 2 aliphatic rings. The molecule has 3 aromatic heterocycles. The molecular formula is C29H38N8O3. The molecule has 11 nitrogen and oxygen atoms in total. The van der Waals surface area contributed by atoms with Gasteiger partial charge in [0.15, 0.2) is 0 Å². The molecular weight excluding hydrogens is 508 g/mol. The quantitative estimate of drug-likeness (QED) is 0.456. The Hall–Kier alpha value is -3.88. The molecule has 0 atom stereocenters. The third-order valence-electron chi connectivity index (χ3n) is 8.11. The van der Waals surface area contributed by atoms with E-state index in [-0.39, 0.29) is 11.6 Å². The molecule has 0 aromatic carbocycles. The Morgan fingerprint density at radius 3 is 2.48 bits per heavy atom. The lowest BCUT2D eigenvalue weighted by molar-refractivity contribution is 0.0866. The van der Waals surface area contributed by atoms with Crippen LogP contribution in [0.4, 0.5) is 10.6 Å². The van der Waals surface area contributed by atoms with E-state index in [2.05, 4.69) is 38.1 Å². The number of pyridine rings is 2. The summed E-state index contributed by atoms with van der Waals surface area (Å²) in [5, 5.41) is 17.2. The predicted octanol–water partition coefficient (Wildman–Crippen LogP) is 3.00. The number of hydrogen-bond acceptors (Lipinski definition) is 9. The molecule has 0 bridgehead atoms. The number of methoxy groups -OCH3 is 1. The number of carbonyl (C=O) groups is 1. The predicted molar refractivity (Wildman–Crippen MR) is 153 cm³/mol. The smallest absolute Gasteiger partial charge is 0.407 e. The van der Waals surface area contributed by atoms with Crippen LogP contribution in [0.1, 0.15) is 32.3 Å². The number of piperazine rings is 1. The molecule has 2 aliphatic heterocycles. The Morgan fingerprint density at radius 2 is 1.85 bits per heavy atom. The number of rotatable bonds is 8. The van der Waals surface area contributed by atoms with Gasteiger partial charge in [-0.25, -0.2) is 14.3 Å². The van der Waals surface area contributed by atoms with Gasteiger partial charge in [-0.3, -0.25) is 4.90 Å². The summed E-state index contributed by atoms with van der Waals surface area (Å²) >= 11 is 0. The highest BCUT2D eigenvalue weighted by molar-refractivity contribution is 5.85. The van der Waals surface area contributed by atoms with Gasteiger partial charge in [-0.15, -0.1) is 0 Å². The number of piperidine rings is 1. The van der Waals surface area contributed by atoms with Gasteiger partial charge < -0.3 is 24.6 Å². The minimum absolute atomic E-state index is 0.334. The Kier molecular flexibility index (Phi) is 8.38. The van der Waals surface area contributed by atoms with E-state index in [0.29, 0.717) is 17.9 Å². The Labute approximate surface area is 235 Å². The molecule has 212 valence electrons. The highest BCUT2D eigenvalue weighted by atomic mass is 16.5. The molecule has 0 aliphatic carbocycles. The second kappa shape index (κ2) is 12.1. The number of ether oxygens (including phenoxy) is 2. The van der Waals surface area contributed by atoms with Gasteiger partial charge in [-0.05, 0) is 44.5 Å². The van der Waals surface area contributed by atoms with Crippen LogP contribution >= 0.6 is 0 Å². The number of hydrogen-bond donors (Lipinski definition) is 1. The lowest BCUT2D eigenvalue weighted by atomic mass is 9.86. The van der Waals surface area contributed by atoms with Crippen molar-refractivity contribution in [2.75, 3.05) is 71.0 Å². The van der Waals surface area contributed by atoms with Gasteiger partial charge in [0, 0.05) is 63.1 Å². The maximum absolute atomic E-state index is 12.3. The molecule has 40 heavy (non-hydrogen) atoms. The number of alkyl carbamates (subject to hydrolysis) is 1. The summed E-state index contributed by atoms with van der Waals surface area (Å²) in [6, 6.07) is 8.22. The number of anilines is 1. The first-order chi connectivity index (χ1) is 19.5. The zero-order chi connectivity index (χ0) is 28.1. The minimum atomic E-state index is -0.375. The van der Waals surface area contributed by atoms with Crippen molar-refractivity contribution in [2.24, 2.45) is 0 Å². The fourth-order valence-corrected chi connectivity index (χ4v) is 5.82. The first kappa shape index (κ1) is 27.7. The highest BCUT2D eigenvalue weighted by Crippen LogP contribution is 2.32. The van der Waals surface area contributed by atoms with E-state index in [1.807, 2.05) is 31.3 Å². The largest absolute Gasteiger partial charge is 0.492 e. The van der Waals surface area contributed by atoms with Gasteiger partial charge >= 0.3 is 6.09 Å². The van der Waals surface area contributed by atoms with Crippen LogP contribution in [0, 0.1) is 11.3 Å². The number of aromatic nitrogens is 3. The third-order valence-corrected chi connectivity index (χ3v) is 8.11. The van der Waals surface area contributed by atoms with Crippen molar-refractivity contribution in [3.8, 4) is 22.9 Å². The van der Waals surface area contributed by atoms with Gasteiger partial charge in [0.1, 0.15) is 17.6 Å². The molecule has 0 saturated carbocycles. The van der Waals surface area contributed by atoms with Gasteiger partial charge in [-0.2, -0.15) is 10.4 Å². The van der Waals surface area contributed by atoms with Gasteiger partial charge in [-0.1, -0.05) is 6.92 Å². The number of fused-ring (bicyclic) bond motifs is 1. The number of amides is 1. The number of nitrogens with zero attached hydrogens (tertiary/aromatic N) is 7. The van der Waals surface area contributed by atoms with Crippen molar-refractivity contribution < 1.29 is 14.3 Å². The number of nitrogens with one attached hydrogen (secondary N) is 1. The molecule has 1 N–H and O–H groups in total. The lowest BCUT2D eigenvalue weighted by Crippen LogP contribution is -2.62. The van der Waals surface area contributed by atoms with Crippen LogP contribution in [-0.2, 0) is 4.74 Å². The van der Waals surface area contributed by atoms with E-state index < -0.39 is 0 Å². The molecule has 2 saturated heterocycles. The second-order valence-electron chi connectivity index (χ2n) is 10.5. The zero-order valence-electron chi connectivity index (χ0n) is 23.6. The van der Waals surface area contributed by atoms with Crippen LogP contribution in [0.3, 0.4) is 0 Å². The molecule has 1 amide bonds. The molecule has 3 aromatic rings. The maximum Gasteiger partial charge on any atom is 0.407 e. The Bertz CT molecular complexity index is 1350. The van der Waals surface area contributed by atoms with Gasteiger partial charge in [0.2, 0.25) is 0 Å². The van der Waals surface area contributed by atoms with Crippen LogP contribution < -0.4 is 15.0 Å². The minimum Gasteiger partial charge on any atom is -0.492 e. The van der Waals surface area contributed by atoms with Gasteiger partial charge in [0.05, 0.1) is 42.7 Å². The van der Waals surface area contributed by atoms with E-state index in [1.54, 1.807) is 16.9 Å². The summed E-state index contributed by atoms with van der Waals surface area (Å²) in [5.74, 6) is 1.57. The fraction of sp³-hybridized carbons (Fsp3) is 0.517. The Morgan fingerprint density at radius 1 is 1.10 bits per heavy atom. The van der Waals surface area contributed by atoms with Crippen LogP contribution in [0.2, 0.25) is 0 Å². The van der Waals surface area contributed by atoms with E-state index in [9.17, 15) is 10.1 Å². The maximum atomic E-state index is 12.3. The van der Waals surface area contributed by atoms with Crippen molar-refractivity contribution in [1.29, 1.82) is 5.26 Å². The summed E-state index contributed by atoms with van der Waals surface area (Å²) in [6.45, 7) is 12.2. The van der Waals surface area contributed by atoms with Crippen molar-refractivity contribution in [3.63, 3.8) is 0 Å². The van der Waals surface area contributed by atoms with Crippen molar-refractivity contribution in [2.45, 2.75) is 32.2 Å². The number of likely N-dealkylation sites (N-methyl/N-ethyl adjacent to an activating group) is 1. The van der Waals surface area contributed by atoms with Gasteiger partial charge in [0.25, 0.3) is 0 Å². The second-order valence-corrected chi connectivity index (χ2v) is 10.5. The van der Waals surface area contributed by atoms with Crippen molar-refractivity contribution in [1.82, 2.24) is 29.7 Å². The molecule has 5 heterocycles. The number of carbonyl (C=O) groups excluding carboxylic acids is 1. The van der Waals surface area contributed by atoms with E-state index in [0.717, 1.165) is 87.7 Å². The van der Waals surface area contributed by atoms with Crippen LogP contribution in [0.25, 0.3) is 16.6 Å². The normalized spacial score (nSPS) is 17.9. The molecule has 0 radical (unpaired) electrons. The van der Waals surface area contributed by atoms with Crippen molar-refractivity contribution >= 4 is 17.4 Å². The SMILES string of the molecule is CCOc1cc(-c2ccc(N3CCC(CN4CCN(CC)CC4)(NC(=O)OC)CC3)nc2)c2c(C#N)cnn2c1. The summed E-state index contributed by atoms with van der Waals surface area (Å²) in [5.41, 5.74) is 2.64. The summed E-state index contributed by atoms with van der Waals surface area (Å²) in [6.07, 6.45) is 6.44. The number of nitriles is 1.